The monoisotopic (exact) mass is 491 g/mol. The van der Waals surface area contributed by atoms with Crippen molar-refractivity contribution in [1.29, 1.82) is 0 Å². The number of carbonyl (C=O) groups excluding carboxylic acids is 2. The van der Waals surface area contributed by atoms with Crippen LogP contribution < -0.4 is 9.62 Å². The van der Waals surface area contributed by atoms with Gasteiger partial charge in [0.1, 0.15) is 18.4 Å². The van der Waals surface area contributed by atoms with Gasteiger partial charge in [-0.1, -0.05) is 43.3 Å². The lowest BCUT2D eigenvalue weighted by atomic mass is 10.0. The molecule has 2 amide bonds. The second-order valence-corrected chi connectivity index (χ2v) is 11.2. The molecule has 1 N–H and O–H groups in total. The van der Waals surface area contributed by atoms with Crippen molar-refractivity contribution in [3.05, 3.63) is 65.5 Å². The minimum absolute atomic E-state index is 0.108. The Labute approximate surface area is 202 Å². The van der Waals surface area contributed by atoms with E-state index in [9.17, 15) is 22.4 Å². The SMILES string of the molecule is CCC(C(=O)NC(C)(C)C)N(Cc1ccccc1C)C(=O)CN(c1ccccc1F)S(C)(=O)=O. The van der Waals surface area contributed by atoms with E-state index in [1.807, 2.05) is 52.0 Å². The maximum Gasteiger partial charge on any atom is 0.244 e. The average molecular weight is 492 g/mol. The zero-order valence-electron chi connectivity index (χ0n) is 20.6. The van der Waals surface area contributed by atoms with Crippen LogP contribution in [0.15, 0.2) is 48.5 Å². The highest BCUT2D eigenvalue weighted by atomic mass is 32.2. The van der Waals surface area contributed by atoms with Gasteiger partial charge in [-0.2, -0.15) is 0 Å². The molecule has 0 saturated carbocycles. The van der Waals surface area contributed by atoms with Gasteiger partial charge in [0.2, 0.25) is 21.8 Å². The fraction of sp³-hybridized carbons (Fsp3) is 0.440. The summed E-state index contributed by atoms with van der Waals surface area (Å²) in [6.07, 6.45) is 1.24. The van der Waals surface area contributed by atoms with Gasteiger partial charge >= 0.3 is 0 Å². The number of carbonyl (C=O) groups is 2. The maximum atomic E-state index is 14.5. The second-order valence-electron chi connectivity index (χ2n) is 9.33. The number of sulfonamides is 1. The van der Waals surface area contributed by atoms with E-state index >= 15 is 0 Å². The van der Waals surface area contributed by atoms with Gasteiger partial charge in [-0.05, 0) is 57.4 Å². The summed E-state index contributed by atoms with van der Waals surface area (Å²) in [5, 5.41) is 2.91. The van der Waals surface area contributed by atoms with Crippen molar-refractivity contribution in [3.8, 4) is 0 Å². The van der Waals surface area contributed by atoms with Crippen LogP contribution in [0.1, 0.15) is 45.2 Å². The number of aryl methyl sites for hydroxylation is 1. The third-order valence-electron chi connectivity index (χ3n) is 5.29. The van der Waals surface area contributed by atoms with E-state index in [2.05, 4.69) is 5.32 Å². The van der Waals surface area contributed by atoms with E-state index in [1.54, 1.807) is 6.92 Å². The molecule has 186 valence electrons. The third-order valence-corrected chi connectivity index (χ3v) is 6.41. The number of rotatable bonds is 9. The minimum Gasteiger partial charge on any atom is -0.350 e. The Hall–Kier alpha value is -2.94. The lowest BCUT2D eigenvalue weighted by Crippen LogP contribution is -2.55. The Morgan fingerprint density at radius 3 is 2.18 bits per heavy atom. The first kappa shape index (κ1) is 27.3. The van der Waals surface area contributed by atoms with Crippen molar-refractivity contribution in [1.82, 2.24) is 10.2 Å². The molecule has 7 nitrogen and oxygen atoms in total. The number of amides is 2. The highest BCUT2D eigenvalue weighted by Crippen LogP contribution is 2.23. The van der Waals surface area contributed by atoms with E-state index in [4.69, 9.17) is 0 Å². The quantitative estimate of drug-likeness (QED) is 0.581. The third kappa shape index (κ3) is 7.28. The molecule has 0 bridgehead atoms. The van der Waals surface area contributed by atoms with Crippen molar-refractivity contribution < 1.29 is 22.4 Å². The summed E-state index contributed by atoms with van der Waals surface area (Å²) in [5.74, 6) is -1.70. The second kappa shape index (κ2) is 11.0. The highest BCUT2D eigenvalue weighted by molar-refractivity contribution is 7.92. The number of nitrogens with zero attached hydrogens (tertiary/aromatic N) is 2. The number of hydrogen-bond donors (Lipinski definition) is 1. The van der Waals surface area contributed by atoms with Crippen molar-refractivity contribution in [2.75, 3.05) is 17.1 Å². The van der Waals surface area contributed by atoms with Crippen LogP contribution in [0.25, 0.3) is 0 Å². The van der Waals surface area contributed by atoms with Gasteiger partial charge in [-0.3, -0.25) is 13.9 Å². The fourth-order valence-electron chi connectivity index (χ4n) is 3.59. The summed E-state index contributed by atoms with van der Waals surface area (Å²) >= 11 is 0. The van der Waals surface area contributed by atoms with E-state index in [0.717, 1.165) is 27.8 Å². The number of hydrogen-bond acceptors (Lipinski definition) is 4. The molecule has 0 radical (unpaired) electrons. The molecule has 34 heavy (non-hydrogen) atoms. The summed E-state index contributed by atoms with van der Waals surface area (Å²) in [7, 11) is -3.99. The van der Waals surface area contributed by atoms with Crippen molar-refractivity contribution >= 4 is 27.5 Å². The summed E-state index contributed by atoms with van der Waals surface area (Å²) < 4.78 is 40.3. The van der Waals surface area contributed by atoms with Gasteiger partial charge in [0.05, 0.1) is 11.9 Å². The number of para-hydroxylation sites is 1. The van der Waals surface area contributed by atoms with Crippen molar-refractivity contribution in [2.45, 2.75) is 59.2 Å². The summed E-state index contributed by atoms with van der Waals surface area (Å²) in [5.41, 5.74) is 1.02. The normalized spacial score (nSPS) is 12.7. The van der Waals surface area contributed by atoms with Gasteiger partial charge in [-0.25, -0.2) is 12.8 Å². The van der Waals surface area contributed by atoms with Gasteiger partial charge < -0.3 is 10.2 Å². The molecule has 0 spiro atoms. The Kier molecular flexibility index (Phi) is 8.83. The lowest BCUT2D eigenvalue weighted by molar-refractivity contribution is -0.141. The Balaban J connectivity index is 2.49. The van der Waals surface area contributed by atoms with Crippen LogP contribution in [-0.2, 0) is 26.2 Å². The molecule has 2 aromatic rings. The molecule has 0 aliphatic heterocycles. The van der Waals surface area contributed by atoms with Crippen LogP contribution in [0, 0.1) is 12.7 Å². The van der Waals surface area contributed by atoms with Crippen LogP contribution in [0.4, 0.5) is 10.1 Å². The summed E-state index contributed by atoms with van der Waals surface area (Å²) in [4.78, 5) is 28.1. The molecule has 0 saturated heterocycles. The van der Waals surface area contributed by atoms with Crippen LogP contribution in [0.3, 0.4) is 0 Å². The standard InChI is InChI=1S/C25H34FN3O4S/c1-7-21(24(31)27-25(3,4)5)28(16-19-13-9-8-12-18(19)2)23(30)17-29(34(6,32)33)22-15-11-10-14-20(22)26/h8-15,21H,7,16-17H2,1-6H3,(H,27,31). The van der Waals surface area contributed by atoms with Crippen molar-refractivity contribution in [3.63, 3.8) is 0 Å². The minimum atomic E-state index is -3.99. The molecule has 2 rings (SSSR count). The smallest absolute Gasteiger partial charge is 0.244 e. The molecule has 0 aliphatic carbocycles. The fourth-order valence-corrected chi connectivity index (χ4v) is 4.44. The predicted molar refractivity (Wildman–Crippen MR) is 132 cm³/mol. The van der Waals surface area contributed by atoms with E-state index in [1.165, 1.54) is 23.1 Å². The molecule has 1 unspecified atom stereocenters. The zero-order valence-corrected chi connectivity index (χ0v) is 21.4. The molecular weight excluding hydrogens is 457 g/mol. The maximum absolute atomic E-state index is 14.5. The number of nitrogens with one attached hydrogen (secondary N) is 1. The number of halogens is 1. The topological polar surface area (TPSA) is 86.8 Å². The first-order valence-corrected chi connectivity index (χ1v) is 13.0. The average Bonchev–Trinajstić information content (AvgIpc) is 2.71. The Morgan fingerprint density at radius 1 is 1.06 bits per heavy atom. The van der Waals surface area contributed by atoms with E-state index in [0.29, 0.717) is 6.42 Å². The van der Waals surface area contributed by atoms with Crippen LogP contribution >= 0.6 is 0 Å². The predicted octanol–water partition coefficient (Wildman–Crippen LogP) is 3.62. The largest absolute Gasteiger partial charge is 0.350 e. The van der Waals surface area contributed by atoms with E-state index < -0.39 is 39.9 Å². The van der Waals surface area contributed by atoms with Gasteiger partial charge in [0.25, 0.3) is 0 Å². The summed E-state index contributed by atoms with van der Waals surface area (Å²) in [6.45, 7) is 8.69. The Bertz CT molecular complexity index is 1130. The molecule has 0 aromatic heterocycles. The van der Waals surface area contributed by atoms with Crippen molar-refractivity contribution in [2.24, 2.45) is 0 Å². The molecular formula is C25H34FN3O4S. The molecule has 0 aliphatic rings. The van der Waals surface area contributed by atoms with Gasteiger partial charge in [-0.15, -0.1) is 0 Å². The zero-order chi connectivity index (χ0) is 25.7. The number of benzene rings is 2. The molecule has 9 heteroatoms. The van der Waals surface area contributed by atoms with Gasteiger partial charge in [0, 0.05) is 12.1 Å². The number of anilines is 1. The van der Waals surface area contributed by atoms with Crippen LogP contribution in [0.2, 0.25) is 0 Å². The van der Waals surface area contributed by atoms with E-state index in [-0.39, 0.29) is 18.1 Å². The molecule has 2 aromatic carbocycles. The first-order chi connectivity index (χ1) is 15.7. The first-order valence-electron chi connectivity index (χ1n) is 11.1. The molecule has 0 heterocycles. The summed E-state index contributed by atoms with van der Waals surface area (Å²) in [6, 6.07) is 12.0. The Morgan fingerprint density at radius 2 is 1.65 bits per heavy atom. The van der Waals surface area contributed by atoms with Gasteiger partial charge in [0.15, 0.2) is 0 Å². The lowest BCUT2D eigenvalue weighted by Gasteiger charge is -2.34. The van der Waals surface area contributed by atoms with Crippen LogP contribution in [-0.4, -0.2) is 49.5 Å². The highest BCUT2D eigenvalue weighted by Gasteiger charge is 2.33. The molecule has 1 atom stereocenters. The molecule has 0 fully saturated rings. The van der Waals surface area contributed by atoms with Crippen LogP contribution in [0.5, 0.6) is 0 Å².